The number of amidine groups is 1. The minimum absolute atomic E-state index is 0.143. The smallest absolute Gasteiger partial charge is 0.491 e. The molecule has 43 heavy (non-hydrogen) atoms. The number of ether oxygens (including phenoxy) is 3. The number of hydrazine groups is 1. The quantitative estimate of drug-likeness (QED) is 0.0716. The molecule has 0 bridgehead atoms. The molecule has 1 aliphatic rings. The third kappa shape index (κ3) is 5.61. The Morgan fingerprint density at radius 2 is 1.44 bits per heavy atom. The Bertz CT molecular complexity index is 1610. The van der Waals surface area contributed by atoms with Gasteiger partial charge in [-0.2, -0.15) is 18.2 Å². The zero-order valence-corrected chi connectivity index (χ0v) is 22.2. The second-order valence-corrected chi connectivity index (χ2v) is 8.80. The van der Waals surface area contributed by atoms with Crippen LogP contribution in [-0.4, -0.2) is 54.9 Å². The van der Waals surface area contributed by atoms with Gasteiger partial charge in [0.25, 0.3) is 17.5 Å². The van der Waals surface area contributed by atoms with Gasteiger partial charge < -0.3 is 25.3 Å². The molecule has 5 N–H and O–H groups in total. The van der Waals surface area contributed by atoms with E-state index in [2.05, 4.69) is 5.32 Å². The van der Waals surface area contributed by atoms with E-state index in [1.165, 1.54) is 36.4 Å². The number of nitrogen functional groups attached to an aromatic ring is 1. The van der Waals surface area contributed by atoms with Crippen molar-refractivity contribution < 1.29 is 51.0 Å². The first-order chi connectivity index (χ1) is 20.2. The maximum atomic E-state index is 15.7. The number of rotatable bonds is 9. The van der Waals surface area contributed by atoms with Gasteiger partial charge in [-0.25, -0.2) is 9.18 Å². The zero-order valence-electron chi connectivity index (χ0n) is 22.2. The molecule has 0 fully saturated rings. The normalized spacial score (nSPS) is 14.0. The van der Waals surface area contributed by atoms with Crippen molar-refractivity contribution in [3.05, 3.63) is 88.7 Å². The van der Waals surface area contributed by atoms with Crippen molar-refractivity contribution in [1.82, 2.24) is 10.4 Å². The molecule has 3 amide bonds. The van der Waals surface area contributed by atoms with Crippen LogP contribution >= 0.6 is 0 Å². The lowest BCUT2D eigenvalue weighted by atomic mass is 9.98. The molecule has 1 unspecified atom stereocenters. The number of esters is 1. The summed E-state index contributed by atoms with van der Waals surface area (Å²) >= 11 is 0. The van der Waals surface area contributed by atoms with Crippen LogP contribution in [-0.2, 0) is 20.1 Å². The van der Waals surface area contributed by atoms with E-state index < -0.39 is 47.0 Å². The van der Waals surface area contributed by atoms with Crippen LogP contribution in [0.1, 0.15) is 31.8 Å². The Kier molecular flexibility index (Phi) is 7.97. The second kappa shape index (κ2) is 11.3. The lowest BCUT2D eigenvalue weighted by Gasteiger charge is -2.35. The second-order valence-electron chi connectivity index (χ2n) is 8.80. The number of alkyl halides is 3. The molecular weight excluding hydrogens is 582 g/mol. The number of halogens is 4. The molecule has 1 atom stereocenters. The summed E-state index contributed by atoms with van der Waals surface area (Å²) < 4.78 is 71.3. The fourth-order valence-electron chi connectivity index (χ4n) is 4.10. The zero-order chi connectivity index (χ0) is 31.7. The molecule has 0 radical (unpaired) electrons. The fourth-order valence-corrected chi connectivity index (χ4v) is 4.10. The molecule has 3 aromatic rings. The largest absolute Gasteiger partial charge is 0.493 e. The monoisotopic (exact) mass is 603 g/mol. The van der Waals surface area contributed by atoms with E-state index >= 15 is 4.39 Å². The number of anilines is 1. The standard InChI is InChI=1S/C27H21F4N5O7/c1-41-19-11-17(18(28)12-20(19)42-2)26(43-25(40)27(29,30)31,34-14-9-7-13(8-10-14)21(32)33)24(39)35-36-22(37)15-5-3-4-6-16(15)23(36)38/h3-12,34H,1-2H3,(H3,32,33)(H,35,39). The summed E-state index contributed by atoms with van der Waals surface area (Å²) in [6, 6.07) is 11.5. The molecule has 224 valence electrons. The molecule has 0 aliphatic carbocycles. The molecule has 16 heteroatoms. The van der Waals surface area contributed by atoms with Crippen LogP contribution in [0.4, 0.5) is 23.2 Å². The first kappa shape index (κ1) is 30.3. The van der Waals surface area contributed by atoms with Gasteiger partial charge in [0.2, 0.25) is 0 Å². The number of hydrogen-bond donors (Lipinski definition) is 4. The summed E-state index contributed by atoms with van der Waals surface area (Å²) in [4.78, 5) is 52.1. The average molecular weight is 603 g/mol. The summed E-state index contributed by atoms with van der Waals surface area (Å²) in [6.45, 7) is 0. The number of methoxy groups -OCH3 is 2. The van der Waals surface area contributed by atoms with Gasteiger partial charge in [-0.3, -0.25) is 25.2 Å². The number of nitrogens with one attached hydrogen (secondary N) is 3. The number of amides is 3. The molecule has 4 rings (SSSR count). The lowest BCUT2D eigenvalue weighted by molar-refractivity contribution is -0.214. The van der Waals surface area contributed by atoms with Gasteiger partial charge in [-0.1, -0.05) is 12.1 Å². The van der Waals surface area contributed by atoms with Gasteiger partial charge in [0.15, 0.2) is 11.5 Å². The number of fused-ring (bicyclic) bond motifs is 1. The molecule has 0 saturated heterocycles. The van der Waals surface area contributed by atoms with Crippen molar-refractivity contribution >= 4 is 35.2 Å². The summed E-state index contributed by atoms with van der Waals surface area (Å²) in [5, 5.41) is 10.00. The van der Waals surface area contributed by atoms with Crippen molar-refractivity contribution in [3.8, 4) is 11.5 Å². The van der Waals surface area contributed by atoms with Crippen LogP contribution < -0.4 is 25.9 Å². The van der Waals surface area contributed by atoms with Crippen molar-refractivity contribution in [1.29, 1.82) is 5.41 Å². The van der Waals surface area contributed by atoms with E-state index in [1.54, 1.807) is 0 Å². The van der Waals surface area contributed by atoms with Crippen LogP contribution in [0.25, 0.3) is 0 Å². The molecule has 12 nitrogen and oxygen atoms in total. The van der Waals surface area contributed by atoms with Crippen LogP contribution in [0.3, 0.4) is 0 Å². The van der Waals surface area contributed by atoms with Crippen LogP contribution in [0, 0.1) is 11.2 Å². The molecule has 3 aromatic carbocycles. The van der Waals surface area contributed by atoms with Crippen LogP contribution in [0.15, 0.2) is 60.7 Å². The van der Waals surface area contributed by atoms with Gasteiger partial charge >= 0.3 is 18.1 Å². The van der Waals surface area contributed by atoms with Gasteiger partial charge in [-0.05, 0) is 42.5 Å². The van der Waals surface area contributed by atoms with Crippen molar-refractivity contribution in [3.63, 3.8) is 0 Å². The molecular formula is C27H21F4N5O7. The van der Waals surface area contributed by atoms with E-state index in [-0.39, 0.29) is 44.7 Å². The predicted octanol–water partition coefficient (Wildman–Crippen LogP) is 2.82. The van der Waals surface area contributed by atoms with E-state index in [1.807, 2.05) is 5.43 Å². The summed E-state index contributed by atoms with van der Waals surface area (Å²) in [7, 11) is 2.24. The van der Waals surface area contributed by atoms with Crippen molar-refractivity contribution in [2.75, 3.05) is 19.5 Å². The van der Waals surface area contributed by atoms with Crippen molar-refractivity contribution in [2.45, 2.75) is 11.9 Å². The number of nitrogens with two attached hydrogens (primary N) is 1. The number of benzene rings is 3. The number of imide groups is 1. The average Bonchev–Trinajstić information content (AvgIpc) is 3.21. The summed E-state index contributed by atoms with van der Waals surface area (Å²) in [6.07, 6.45) is -5.70. The first-order valence-corrected chi connectivity index (χ1v) is 12.0. The maximum absolute atomic E-state index is 15.7. The first-order valence-electron chi connectivity index (χ1n) is 12.0. The maximum Gasteiger partial charge on any atom is 0.491 e. The highest BCUT2D eigenvalue weighted by atomic mass is 19.4. The molecule has 0 saturated carbocycles. The number of nitrogens with zero attached hydrogens (tertiary/aromatic N) is 1. The van der Waals surface area contributed by atoms with E-state index in [9.17, 15) is 32.3 Å². The van der Waals surface area contributed by atoms with E-state index in [0.717, 1.165) is 32.4 Å². The summed E-state index contributed by atoms with van der Waals surface area (Å²) in [5.41, 5.74) is 2.44. The number of carbonyl (C=O) groups is 4. The molecule has 0 aromatic heterocycles. The Morgan fingerprint density at radius 3 is 1.93 bits per heavy atom. The topological polar surface area (TPSA) is 173 Å². The minimum Gasteiger partial charge on any atom is -0.493 e. The Hall–Kier alpha value is -5.67. The fraction of sp³-hybridized carbons (Fsp3) is 0.148. The minimum atomic E-state index is -5.70. The van der Waals surface area contributed by atoms with Gasteiger partial charge in [0.1, 0.15) is 11.7 Å². The van der Waals surface area contributed by atoms with Gasteiger partial charge in [0, 0.05) is 17.3 Å². The highest BCUT2D eigenvalue weighted by molar-refractivity contribution is 6.22. The van der Waals surface area contributed by atoms with Crippen LogP contribution in [0.5, 0.6) is 11.5 Å². The van der Waals surface area contributed by atoms with E-state index in [0.29, 0.717) is 6.07 Å². The highest BCUT2D eigenvalue weighted by Gasteiger charge is 2.54. The number of hydrogen-bond acceptors (Lipinski definition) is 9. The third-order valence-electron chi connectivity index (χ3n) is 6.17. The highest BCUT2D eigenvalue weighted by Crippen LogP contribution is 2.39. The lowest BCUT2D eigenvalue weighted by Crippen LogP contribution is -2.59. The van der Waals surface area contributed by atoms with Gasteiger partial charge in [0.05, 0.1) is 30.9 Å². The van der Waals surface area contributed by atoms with Gasteiger partial charge in [-0.15, -0.1) is 0 Å². The Labute approximate surface area is 239 Å². The predicted molar refractivity (Wildman–Crippen MR) is 139 cm³/mol. The van der Waals surface area contributed by atoms with Crippen molar-refractivity contribution in [2.24, 2.45) is 5.73 Å². The molecule has 1 heterocycles. The Balaban J connectivity index is 1.93. The molecule has 0 spiro atoms. The Morgan fingerprint density at radius 1 is 0.907 bits per heavy atom. The third-order valence-corrected chi connectivity index (χ3v) is 6.17. The summed E-state index contributed by atoms with van der Waals surface area (Å²) in [5.74, 6) is -9.20. The van der Waals surface area contributed by atoms with Crippen LogP contribution in [0.2, 0.25) is 0 Å². The molecule has 1 aliphatic heterocycles. The number of carbonyl (C=O) groups excluding carboxylic acids is 4. The van der Waals surface area contributed by atoms with E-state index in [4.69, 9.17) is 25.4 Å². The SMILES string of the molecule is COc1cc(F)c(C(Nc2ccc(C(=N)N)cc2)(OC(=O)C(F)(F)F)C(=O)NN2C(=O)c3ccccc3C2=O)cc1OC.